The van der Waals surface area contributed by atoms with E-state index >= 15 is 0 Å². The highest BCUT2D eigenvalue weighted by atomic mass is 16.5. The van der Waals surface area contributed by atoms with Crippen LogP contribution in [0, 0.1) is 5.92 Å². The van der Waals surface area contributed by atoms with Gasteiger partial charge in [-0.25, -0.2) is 0 Å². The van der Waals surface area contributed by atoms with E-state index in [-0.39, 0.29) is 0 Å². The number of unbranched alkanes of at least 4 members (excludes halogenated alkanes) is 2. The number of carboxylic acids is 1. The Kier molecular flexibility index (Phi) is 6.42. The van der Waals surface area contributed by atoms with Crippen LogP contribution >= 0.6 is 0 Å². The number of carboxylic acid groups (broad SMARTS) is 1. The minimum atomic E-state index is -0.679. The molecule has 1 aliphatic heterocycles. The number of methoxy groups -OCH3 is 1. The molecule has 0 aromatic heterocycles. The summed E-state index contributed by atoms with van der Waals surface area (Å²) in [6.45, 7) is 4.30. The van der Waals surface area contributed by atoms with Crippen molar-refractivity contribution < 1.29 is 14.6 Å². The molecule has 0 aromatic carbocycles. The molecule has 1 atom stereocenters. The lowest BCUT2D eigenvalue weighted by atomic mass is 10.1. The fraction of sp³-hybridized carbons (Fsp3) is 0.917. The smallest absolute Gasteiger partial charge is 0.303 e. The first-order valence-electron chi connectivity index (χ1n) is 6.15. The van der Waals surface area contributed by atoms with E-state index in [1.165, 1.54) is 13.0 Å². The van der Waals surface area contributed by atoms with Crippen molar-refractivity contribution in [3.63, 3.8) is 0 Å². The first kappa shape index (κ1) is 13.5. The van der Waals surface area contributed by atoms with E-state index in [2.05, 4.69) is 4.90 Å². The van der Waals surface area contributed by atoms with Gasteiger partial charge in [0.15, 0.2) is 0 Å². The molecule has 0 bridgehead atoms. The van der Waals surface area contributed by atoms with E-state index in [0.29, 0.717) is 12.3 Å². The van der Waals surface area contributed by atoms with E-state index in [9.17, 15) is 4.79 Å². The molecule has 0 aliphatic carbocycles. The van der Waals surface area contributed by atoms with Gasteiger partial charge >= 0.3 is 5.97 Å². The second-order valence-corrected chi connectivity index (χ2v) is 4.62. The van der Waals surface area contributed by atoms with Crippen LogP contribution in [0.4, 0.5) is 0 Å². The van der Waals surface area contributed by atoms with E-state index in [4.69, 9.17) is 9.84 Å². The number of aliphatic carboxylic acids is 1. The summed E-state index contributed by atoms with van der Waals surface area (Å²) in [6.07, 6.45) is 4.50. The van der Waals surface area contributed by atoms with Crippen LogP contribution in [0.5, 0.6) is 0 Å². The number of nitrogens with zero attached hydrogens (tertiary/aromatic N) is 1. The standard InChI is InChI=1S/C12H23NO3/c1-16-10-11-6-8-13(9-11)7-4-2-3-5-12(14)15/h11H,2-10H2,1H3,(H,14,15). The highest BCUT2D eigenvalue weighted by Crippen LogP contribution is 2.16. The predicted molar refractivity (Wildman–Crippen MR) is 62.5 cm³/mol. The third-order valence-electron chi connectivity index (χ3n) is 3.14. The van der Waals surface area contributed by atoms with Crippen LogP contribution in [0.2, 0.25) is 0 Å². The van der Waals surface area contributed by atoms with Gasteiger partial charge in [-0.2, -0.15) is 0 Å². The number of hydrogen-bond donors (Lipinski definition) is 1. The molecular formula is C12H23NO3. The molecule has 1 saturated heterocycles. The van der Waals surface area contributed by atoms with Crippen LogP contribution in [0.15, 0.2) is 0 Å². The van der Waals surface area contributed by atoms with E-state index in [0.717, 1.165) is 39.0 Å². The molecule has 1 aliphatic rings. The Labute approximate surface area is 97.6 Å². The first-order valence-corrected chi connectivity index (χ1v) is 6.15. The fourth-order valence-corrected chi connectivity index (χ4v) is 2.28. The van der Waals surface area contributed by atoms with Gasteiger partial charge in [0, 0.05) is 20.1 Å². The average Bonchev–Trinajstić information content (AvgIpc) is 2.65. The normalized spacial score (nSPS) is 21.4. The summed E-state index contributed by atoms with van der Waals surface area (Å²) in [5, 5.41) is 8.49. The van der Waals surface area contributed by atoms with Crippen molar-refractivity contribution in [1.29, 1.82) is 0 Å². The zero-order valence-electron chi connectivity index (χ0n) is 10.2. The van der Waals surface area contributed by atoms with Gasteiger partial charge in [-0.05, 0) is 38.3 Å². The number of carbonyl (C=O) groups is 1. The molecule has 4 nitrogen and oxygen atoms in total. The highest BCUT2D eigenvalue weighted by Gasteiger charge is 2.21. The van der Waals surface area contributed by atoms with Gasteiger partial charge in [-0.3, -0.25) is 4.79 Å². The third kappa shape index (κ3) is 5.47. The van der Waals surface area contributed by atoms with Crippen molar-refractivity contribution in [3.8, 4) is 0 Å². The lowest BCUT2D eigenvalue weighted by Crippen LogP contribution is -2.22. The summed E-state index contributed by atoms with van der Waals surface area (Å²) in [7, 11) is 1.76. The van der Waals surface area contributed by atoms with Crippen LogP contribution in [0.1, 0.15) is 32.1 Å². The van der Waals surface area contributed by atoms with Crippen LogP contribution in [0.3, 0.4) is 0 Å². The van der Waals surface area contributed by atoms with Crippen molar-refractivity contribution in [2.75, 3.05) is 33.4 Å². The fourth-order valence-electron chi connectivity index (χ4n) is 2.28. The van der Waals surface area contributed by atoms with Gasteiger partial charge in [-0.1, -0.05) is 6.42 Å². The summed E-state index contributed by atoms with van der Waals surface area (Å²) in [5.74, 6) is 0.0188. The average molecular weight is 229 g/mol. The maximum absolute atomic E-state index is 10.3. The molecule has 0 radical (unpaired) electrons. The minimum absolute atomic E-state index is 0.312. The van der Waals surface area contributed by atoms with E-state index in [1.54, 1.807) is 7.11 Å². The van der Waals surface area contributed by atoms with E-state index < -0.39 is 5.97 Å². The highest BCUT2D eigenvalue weighted by molar-refractivity contribution is 5.66. The molecule has 0 aromatic rings. The first-order chi connectivity index (χ1) is 7.72. The molecule has 94 valence electrons. The summed E-state index contributed by atoms with van der Waals surface area (Å²) in [6, 6.07) is 0. The van der Waals surface area contributed by atoms with Crippen LogP contribution in [-0.2, 0) is 9.53 Å². The molecule has 0 spiro atoms. The van der Waals surface area contributed by atoms with Gasteiger partial charge < -0.3 is 14.7 Å². The molecule has 1 unspecified atom stereocenters. The Hall–Kier alpha value is -0.610. The maximum Gasteiger partial charge on any atom is 0.303 e. The second kappa shape index (κ2) is 7.63. The Balaban J connectivity index is 1.96. The molecule has 0 saturated carbocycles. The minimum Gasteiger partial charge on any atom is -0.481 e. The van der Waals surface area contributed by atoms with Gasteiger partial charge in [0.1, 0.15) is 0 Å². The van der Waals surface area contributed by atoms with Gasteiger partial charge in [0.25, 0.3) is 0 Å². The monoisotopic (exact) mass is 229 g/mol. The number of hydrogen-bond acceptors (Lipinski definition) is 3. The lowest BCUT2D eigenvalue weighted by molar-refractivity contribution is -0.137. The SMILES string of the molecule is COCC1CCN(CCCCCC(=O)O)C1. The van der Waals surface area contributed by atoms with Crippen molar-refractivity contribution in [3.05, 3.63) is 0 Å². The zero-order valence-corrected chi connectivity index (χ0v) is 10.2. The Morgan fingerprint density at radius 2 is 2.25 bits per heavy atom. The van der Waals surface area contributed by atoms with Crippen LogP contribution in [0.25, 0.3) is 0 Å². The molecule has 1 fully saturated rings. The van der Waals surface area contributed by atoms with Crippen LogP contribution in [-0.4, -0.2) is 49.3 Å². The number of ether oxygens (including phenoxy) is 1. The predicted octanol–water partition coefficient (Wildman–Crippen LogP) is 1.60. The van der Waals surface area contributed by atoms with Gasteiger partial charge in [0.05, 0.1) is 6.61 Å². The Bertz CT molecular complexity index is 208. The summed E-state index contributed by atoms with van der Waals surface area (Å²) >= 11 is 0. The second-order valence-electron chi connectivity index (χ2n) is 4.62. The number of rotatable bonds is 8. The maximum atomic E-state index is 10.3. The largest absolute Gasteiger partial charge is 0.481 e. The molecule has 16 heavy (non-hydrogen) atoms. The summed E-state index contributed by atoms with van der Waals surface area (Å²) < 4.78 is 5.15. The zero-order chi connectivity index (χ0) is 11.8. The molecule has 0 amide bonds. The molecule has 4 heteroatoms. The Morgan fingerprint density at radius 1 is 1.44 bits per heavy atom. The van der Waals surface area contributed by atoms with E-state index in [1.807, 2.05) is 0 Å². The van der Waals surface area contributed by atoms with Gasteiger partial charge in [0.2, 0.25) is 0 Å². The topological polar surface area (TPSA) is 49.8 Å². The molecule has 1 N–H and O–H groups in total. The van der Waals surface area contributed by atoms with Crippen molar-refractivity contribution in [1.82, 2.24) is 4.90 Å². The quantitative estimate of drug-likeness (QED) is 0.642. The van der Waals surface area contributed by atoms with Crippen molar-refractivity contribution in [2.45, 2.75) is 32.1 Å². The van der Waals surface area contributed by atoms with Gasteiger partial charge in [-0.15, -0.1) is 0 Å². The summed E-state index contributed by atoms with van der Waals surface area (Å²) in [5.41, 5.74) is 0. The summed E-state index contributed by atoms with van der Waals surface area (Å²) in [4.78, 5) is 12.8. The number of likely N-dealkylation sites (tertiary alicyclic amines) is 1. The molecule has 1 rings (SSSR count). The third-order valence-corrected chi connectivity index (χ3v) is 3.14. The lowest BCUT2D eigenvalue weighted by Gasteiger charge is -2.15. The molecule has 1 heterocycles. The van der Waals surface area contributed by atoms with Crippen molar-refractivity contribution in [2.24, 2.45) is 5.92 Å². The van der Waals surface area contributed by atoms with Crippen molar-refractivity contribution >= 4 is 5.97 Å². The Morgan fingerprint density at radius 3 is 2.94 bits per heavy atom. The van der Waals surface area contributed by atoms with Crippen LogP contribution < -0.4 is 0 Å². The molecular weight excluding hydrogens is 206 g/mol.